The van der Waals surface area contributed by atoms with Crippen molar-refractivity contribution < 1.29 is 8.42 Å². The van der Waals surface area contributed by atoms with Gasteiger partial charge in [0.1, 0.15) is 4.21 Å². The molecule has 0 aromatic carbocycles. The molecule has 1 aromatic rings. The van der Waals surface area contributed by atoms with Crippen LogP contribution in [0.2, 0.25) is 0 Å². The lowest BCUT2D eigenvalue weighted by molar-refractivity contribution is 0.394. The highest BCUT2D eigenvalue weighted by Crippen LogP contribution is 2.26. The number of nitrogens with one attached hydrogen (secondary N) is 1. The quantitative estimate of drug-likeness (QED) is 0.909. The van der Waals surface area contributed by atoms with E-state index in [2.05, 4.69) is 32.6 Å². The van der Waals surface area contributed by atoms with Gasteiger partial charge in [0.15, 0.2) is 0 Å². The van der Waals surface area contributed by atoms with E-state index < -0.39 is 10.0 Å². The van der Waals surface area contributed by atoms with E-state index >= 15 is 0 Å². The van der Waals surface area contributed by atoms with Gasteiger partial charge in [-0.05, 0) is 54.0 Å². The summed E-state index contributed by atoms with van der Waals surface area (Å²) in [7, 11) is -1.26. The van der Waals surface area contributed by atoms with Gasteiger partial charge in [-0.3, -0.25) is 0 Å². The number of thiophene rings is 1. The molecule has 0 spiro atoms. The zero-order chi connectivity index (χ0) is 12.5. The van der Waals surface area contributed by atoms with Crippen LogP contribution in [0.3, 0.4) is 0 Å². The van der Waals surface area contributed by atoms with Crippen molar-refractivity contribution in [2.45, 2.75) is 10.6 Å². The Morgan fingerprint density at radius 3 is 2.88 bits per heavy atom. The van der Waals surface area contributed by atoms with Crippen molar-refractivity contribution in [3.8, 4) is 0 Å². The molecule has 0 saturated carbocycles. The molecule has 1 aromatic heterocycles. The highest BCUT2D eigenvalue weighted by atomic mass is 79.9. The van der Waals surface area contributed by atoms with E-state index in [0.717, 1.165) is 23.3 Å². The molecule has 1 aliphatic rings. The van der Waals surface area contributed by atoms with Gasteiger partial charge in [-0.2, -0.15) is 0 Å². The third-order valence-electron chi connectivity index (χ3n) is 2.86. The molecule has 0 radical (unpaired) electrons. The highest BCUT2D eigenvalue weighted by Gasteiger charge is 2.23. The Balaban J connectivity index is 1.94. The Bertz CT molecular complexity index is 486. The van der Waals surface area contributed by atoms with E-state index in [4.69, 9.17) is 0 Å². The minimum atomic E-state index is -3.32. The average molecular weight is 339 g/mol. The largest absolute Gasteiger partial charge is 0.306 e. The normalized spacial score (nSPS) is 22.1. The number of likely N-dealkylation sites (tertiary alicyclic amines) is 1. The van der Waals surface area contributed by atoms with Crippen molar-refractivity contribution in [1.82, 2.24) is 9.62 Å². The van der Waals surface area contributed by atoms with Crippen LogP contribution in [0, 0.1) is 5.92 Å². The Morgan fingerprint density at radius 2 is 2.35 bits per heavy atom. The standard InChI is InChI=1S/C10H15BrN2O2S2/c1-13-5-4-8(7-13)6-12-17(14,15)10-3-2-9(11)16-10/h2-3,8,12H,4-7H2,1H3. The highest BCUT2D eigenvalue weighted by molar-refractivity contribution is 9.11. The van der Waals surface area contributed by atoms with E-state index in [9.17, 15) is 8.42 Å². The number of hydrogen-bond acceptors (Lipinski definition) is 4. The minimum Gasteiger partial charge on any atom is -0.306 e. The third kappa shape index (κ3) is 3.51. The molecule has 1 atom stereocenters. The summed E-state index contributed by atoms with van der Waals surface area (Å²) in [5.74, 6) is 0.429. The molecule has 1 N–H and O–H groups in total. The Kier molecular flexibility index (Phi) is 4.25. The first-order valence-electron chi connectivity index (χ1n) is 5.41. The van der Waals surface area contributed by atoms with Crippen molar-refractivity contribution in [3.05, 3.63) is 15.9 Å². The molecule has 0 bridgehead atoms. The summed E-state index contributed by atoms with van der Waals surface area (Å²) in [6.45, 7) is 2.55. The molecule has 1 saturated heterocycles. The average Bonchev–Trinajstić information content (AvgIpc) is 2.85. The molecule has 2 heterocycles. The van der Waals surface area contributed by atoms with Gasteiger partial charge >= 0.3 is 0 Å². The molecular formula is C10H15BrN2O2S2. The predicted molar refractivity (Wildman–Crippen MR) is 72.8 cm³/mol. The van der Waals surface area contributed by atoms with Crippen molar-refractivity contribution >= 4 is 37.3 Å². The van der Waals surface area contributed by atoms with E-state index in [1.165, 1.54) is 11.3 Å². The fourth-order valence-corrected chi connectivity index (χ4v) is 5.10. The molecule has 2 rings (SSSR count). The van der Waals surface area contributed by atoms with E-state index in [1.54, 1.807) is 12.1 Å². The van der Waals surface area contributed by atoms with Crippen LogP contribution in [0.1, 0.15) is 6.42 Å². The predicted octanol–water partition coefficient (Wildman–Crippen LogP) is 1.74. The summed E-state index contributed by atoms with van der Waals surface area (Å²) in [6, 6.07) is 3.38. The molecule has 4 nitrogen and oxygen atoms in total. The maximum Gasteiger partial charge on any atom is 0.250 e. The molecule has 1 unspecified atom stereocenters. The van der Waals surface area contributed by atoms with Crippen LogP contribution in [-0.4, -0.2) is 40.0 Å². The summed E-state index contributed by atoms with van der Waals surface area (Å²) in [4.78, 5) is 2.22. The van der Waals surface area contributed by atoms with Crippen LogP contribution in [-0.2, 0) is 10.0 Å². The molecule has 1 aliphatic heterocycles. The summed E-state index contributed by atoms with van der Waals surface area (Å²) in [5, 5.41) is 0. The number of nitrogens with zero attached hydrogens (tertiary/aromatic N) is 1. The number of hydrogen-bond donors (Lipinski definition) is 1. The zero-order valence-electron chi connectivity index (χ0n) is 9.52. The van der Waals surface area contributed by atoms with E-state index in [1.807, 2.05) is 0 Å². The van der Waals surface area contributed by atoms with Gasteiger partial charge in [0.2, 0.25) is 10.0 Å². The van der Waals surface area contributed by atoms with Crippen LogP contribution >= 0.6 is 27.3 Å². The number of halogens is 1. The monoisotopic (exact) mass is 338 g/mol. The second-order valence-electron chi connectivity index (χ2n) is 4.33. The first-order valence-corrected chi connectivity index (χ1v) is 8.50. The number of sulfonamides is 1. The summed E-state index contributed by atoms with van der Waals surface area (Å²) in [6.07, 6.45) is 1.06. The first kappa shape index (κ1) is 13.5. The van der Waals surface area contributed by atoms with Crippen LogP contribution in [0.4, 0.5) is 0 Å². The summed E-state index contributed by atoms with van der Waals surface area (Å²) in [5.41, 5.74) is 0. The maximum absolute atomic E-state index is 11.9. The minimum absolute atomic E-state index is 0.371. The van der Waals surface area contributed by atoms with Crippen LogP contribution in [0.15, 0.2) is 20.1 Å². The van der Waals surface area contributed by atoms with Gasteiger partial charge in [-0.1, -0.05) is 0 Å². The SMILES string of the molecule is CN1CCC(CNS(=O)(=O)c2ccc(Br)s2)C1. The van der Waals surface area contributed by atoms with E-state index in [-0.39, 0.29) is 0 Å². The van der Waals surface area contributed by atoms with Gasteiger partial charge in [-0.15, -0.1) is 11.3 Å². The topological polar surface area (TPSA) is 49.4 Å². The second-order valence-corrected chi connectivity index (χ2v) is 8.78. The van der Waals surface area contributed by atoms with Gasteiger partial charge in [0.05, 0.1) is 3.79 Å². The lowest BCUT2D eigenvalue weighted by atomic mass is 10.1. The van der Waals surface area contributed by atoms with Crippen molar-refractivity contribution in [1.29, 1.82) is 0 Å². The van der Waals surface area contributed by atoms with Gasteiger partial charge in [0, 0.05) is 13.1 Å². The molecule has 1 fully saturated rings. The second kappa shape index (κ2) is 5.36. The smallest absolute Gasteiger partial charge is 0.250 e. The van der Waals surface area contributed by atoms with Gasteiger partial charge < -0.3 is 4.90 Å². The van der Waals surface area contributed by atoms with Crippen molar-refractivity contribution in [2.24, 2.45) is 5.92 Å². The van der Waals surface area contributed by atoms with Crippen molar-refractivity contribution in [3.63, 3.8) is 0 Å². The van der Waals surface area contributed by atoms with Crippen molar-refractivity contribution in [2.75, 3.05) is 26.7 Å². The first-order chi connectivity index (χ1) is 7.97. The number of rotatable bonds is 4. The van der Waals surface area contributed by atoms with E-state index in [0.29, 0.717) is 16.7 Å². The van der Waals surface area contributed by atoms with Crippen LogP contribution in [0.5, 0.6) is 0 Å². The summed E-state index contributed by atoms with van der Waals surface area (Å²) >= 11 is 4.50. The maximum atomic E-state index is 11.9. The molecule has 7 heteroatoms. The molecule has 17 heavy (non-hydrogen) atoms. The lowest BCUT2D eigenvalue weighted by Gasteiger charge is -2.11. The van der Waals surface area contributed by atoms with Crippen LogP contribution < -0.4 is 4.72 Å². The summed E-state index contributed by atoms with van der Waals surface area (Å²) < 4.78 is 27.8. The Morgan fingerprint density at radius 1 is 1.59 bits per heavy atom. The Hall–Kier alpha value is 0.0500. The molecule has 0 amide bonds. The Labute approximate surface area is 114 Å². The molecule has 0 aliphatic carbocycles. The van der Waals surface area contributed by atoms with Crippen LogP contribution in [0.25, 0.3) is 0 Å². The fourth-order valence-electron chi connectivity index (χ4n) is 1.93. The van der Waals surface area contributed by atoms with Gasteiger partial charge in [-0.25, -0.2) is 13.1 Å². The zero-order valence-corrected chi connectivity index (χ0v) is 12.7. The molecular weight excluding hydrogens is 324 g/mol. The third-order valence-corrected chi connectivity index (χ3v) is 6.40. The fraction of sp³-hybridized carbons (Fsp3) is 0.600. The lowest BCUT2D eigenvalue weighted by Crippen LogP contribution is -2.30. The molecule has 96 valence electrons. The van der Waals surface area contributed by atoms with Gasteiger partial charge in [0.25, 0.3) is 0 Å².